The Morgan fingerprint density at radius 3 is 1.30 bits per heavy atom. The first-order valence-corrected chi connectivity index (χ1v) is 25.3. The summed E-state index contributed by atoms with van der Waals surface area (Å²) >= 11 is 0. The van der Waals surface area contributed by atoms with E-state index in [0.29, 0.717) is 6.42 Å². The molecule has 0 aromatic heterocycles. The van der Waals surface area contributed by atoms with E-state index < -0.39 is 49.4 Å². The van der Waals surface area contributed by atoms with Crippen molar-refractivity contribution in [3.8, 4) is 0 Å². The molecule has 0 amide bonds. The Balaban J connectivity index is 2.26. The zero-order valence-electron chi connectivity index (χ0n) is 38.7. The lowest BCUT2D eigenvalue weighted by molar-refractivity contribution is -0.305. The zero-order valence-corrected chi connectivity index (χ0v) is 38.7. The number of carbonyl (C=O) groups excluding carboxylic acids is 2. The minimum absolute atomic E-state index is 0.213. The molecule has 0 aliphatic carbocycles. The summed E-state index contributed by atoms with van der Waals surface area (Å²) in [5.41, 5.74) is 0. The fraction of sp³-hybridized carbons (Fsp3) is 0.920. The first kappa shape index (κ1) is 56.5. The molecule has 1 rings (SSSR count). The maximum atomic E-state index is 12.8. The number of unbranched alkanes of at least 4 members (excludes halogenated alkanes) is 30. The molecule has 1 heterocycles. The van der Waals surface area contributed by atoms with E-state index in [1.54, 1.807) is 0 Å². The van der Waals surface area contributed by atoms with Gasteiger partial charge in [-0.15, -0.1) is 0 Å². The Kier molecular flexibility index (Phi) is 39.0. The molecule has 10 nitrogen and oxygen atoms in total. The number of rotatable bonds is 43. The van der Waals surface area contributed by atoms with E-state index in [1.165, 1.54) is 161 Å². The van der Waals surface area contributed by atoms with Crippen molar-refractivity contribution in [2.45, 2.75) is 275 Å². The largest absolute Gasteiger partial charge is 0.462 e. The van der Waals surface area contributed by atoms with E-state index in [9.17, 15) is 30.0 Å². The van der Waals surface area contributed by atoms with Crippen molar-refractivity contribution in [3.05, 3.63) is 12.2 Å². The Labute approximate surface area is 367 Å². The number of hydrogen-bond donors (Lipinski definition) is 4. The minimum atomic E-state index is -1.59. The lowest BCUT2D eigenvalue weighted by Gasteiger charge is -2.39. The van der Waals surface area contributed by atoms with Gasteiger partial charge in [-0.3, -0.25) is 9.59 Å². The SMILES string of the molecule is CCCCCCCCC/C=C\CCCCCCCCCC(=O)OC(COC(=O)CCCCCCCCCCCCCCCCCCC)COC1OC(CO)C(O)C(O)C1O. The van der Waals surface area contributed by atoms with Crippen LogP contribution in [0.2, 0.25) is 0 Å². The molecule has 6 unspecified atom stereocenters. The molecule has 354 valence electrons. The second kappa shape index (κ2) is 41.5. The lowest BCUT2D eigenvalue weighted by Crippen LogP contribution is -2.59. The maximum Gasteiger partial charge on any atom is 0.306 e. The minimum Gasteiger partial charge on any atom is -0.462 e. The molecule has 1 fully saturated rings. The van der Waals surface area contributed by atoms with Gasteiger partial charge in [-0.05, 0) is 38.5 Å². The van der Waals surface area contributed by atoms with Crippen molar-refractivity contribution in [1.82, 2.24) is 0 Å². The van der Waals surface area contributed by atoms with Crippen molar-refractivity contribution < 1.29 is 49.0 Å². The lowest BCUT2D eigenvalue weighted by atomic mass is 9.99. The first-order chi connectivity index (χ1) is 29.3. The van der Waals surface area contributed by atoms with Gasteiger partial charge in [0.25, 0.3) is 0 Å². The molecule has 0 spiro atoms. The van der Waals surface area contributed by atoms with E-state index in [2.05, 4.69) is 26.0 Å². The number of ether oxygens (including phenoxy) is 4. The summed E-state index contributed by atoms with van der Waals surface area (Å²) in [4.78, 5) is 25.4. The standard InChI is InChI=1S/C50H94O10/c1-3-5-7-9-11-13-15-17-19-21-23-25-27-29-31-33-35-37-39-46(53)59-43(42-58-50-49(56)48(55)47(54)44(40-51)60-50)41-57-45(52)38-36-34-32-30-28-26-24-22-20-18-16-14-12-10-8-6-4-2/h19,21,43-44,47-51,54-56H,3-18,20,22-42H2,1-2H3/b21-19-. The molecular weight excluding hydrogens is 761 g/mol. The smallest absolute Gasteiger partial charge is 0.306 e. The number of esters is 2. The highest BCUT2D eigenvalue weighted by molar-refractivity contribution is 5.70. The molecule has 0 radical (unpaired) electrons. The number of aliphatic hydroxyl groups is 4. The molecule has 0 aromatic rings. The molecule has 0 aromatic carbocycles. The molecule has 0 bridgehead atoms. The van der Waals surface area contributed by atoms with Gasteiger partial charge < -0.3 is 39.4 Å². The van der Waals surface area contributed by atoms with Gasteiger partial charge in [0.1, 0.15) is 31.0 Å². The first-order valence-electron chi connectivity index (χ1n) is 25.3. The predicted octanol–water partition coefficient (Wildman–Crippen LogP) is 11.5. The van der Waals surface area contributed by atoms with Crippen LogP contribution < -0.4 is 0 Å². The van der Waals surface area contributed by atoms with E-state index >= 15 is 0 Å². The highest BCUT2D eigenvalue weighted by atomic mass is 16.7. The zero-order chi connectivity index (χ0) is 43.7. The monoisotopic (exact) mass is 855 g/mol. The van der Waals surface area contributed by atoms with Crippen LogP contribution in [0.5, 0.6) is 0 Å². The summed E-state index contributed by atoms with van der Waals surface area (Å²) in [7, 11) is 0. The number of carbonyl (C=O) groups is 2. The molecular formula is C50H94O10. The third kappa shape index (κ3) is 32.2. The van der Waals surface area contributed by atoms with Gasteiger partial charge in [0, 0.05) is 12.8 Å². The number of allylic oxidation sites excluding steroid dienone is 2. The van der Waals surface area contributed by atoms with Crippen molar-refractivity contribution in [3.63, 3.8) is 0 Å². The summed E-state index contributed by atoms with van der Waals surface area (Å²) < 4.78 is 22.2. The second-order valence-electron chi connectivity index (χ2n) is 17.6. The molecule has 60 heavy (non-hydrogen) atoms. The van der Waals surface area contributed by atoms with Crippen molar-refractivity contribution in [2.24, 2.45) is 0 Å². The average molecular weight is 855 g/mol. The molecule has 1 aliphatic rings. The van der Waals surface area contributed by atoms with Crippen LogP contribution in [0.15, 0.2) is 12.2 Å². The van der Waals surface area contributed by atoms with Gasteiger partial charge in [-0.2, -0.15) is 0 Å². The molecule has 4 N–H and O–H groups in total. The molecule has 10 heteroatoms. The highest BCUT2D eigenvalue weighted by Crippen LogP contribution is 2.23. The van der Waals surface area contributed by atoms with E-state index in [4.69, 9.17) is 18.9 Å². The summed E-state index contributed by atoms with van der Waals surface area (Å²) in [6, 6.07) is 0. The van der Waals surface area contributed by atoms with Crippen LogP contribution in [0.25, 0.3) is 0 Å². The van der Waals surface area contributed by atoms with Gasteiger partial charge in [0.2, 0.25) is 0 Å². The Hall–Kier alpha value is -1.56. The van der Waals surface area contributed by atoms with Crippen molar-refractivity contribution in [1.29, 1.82) is 0 Å². The van der Waals surface area contributed by atoms with Crippen LogP contribution in [0.1, 0.15) is 239 Å². The molecule has 0 saturated carbocycles. The van der Waals surface area contributed by atoms with Gasteiger partial charge in [0.05, 0.1) is 13.2 Å². The Morgan fingerprint density at radius 1 is 0.500 bits per heavy atom. The second-order valence-corrected chi connectivity index (χ2v) is 17.6. The third-order valence-corrected chi connectivity index (χ3v) is 11.9. The number of hydrogen-bond acceptors (Lipinski definition) is 10. The van der Waals surface area contributed by atoms with Gasteiger partial charge in [-0.25, -0.2) is 0 Å². The van der Waals surface area contributed by atoms with Crippen LogP contribution in [0.4, 0.5) is 0 Å². The van der Waals surface area contributed by atoms with Crippen LogP contribution >= 0.6 is 0 Å². The number of aliphatic hydroxyl groups excluding tert-OH is 4. The van der Waals surface area contributed by atoms with E-state index in [1.807, 2.05) is 0 Å². The Bertz CT molecular complexity index is 990. The quantitative estimate of drug-likeness (QED) is 0.0265. The van der Waals surface area contributed by atoms with Crippen LogP contribution in [-0.2, 0) is 28.5 Å². The summed E-state index contributed by atoms with van der Waals surface area (Å²) in [5, 5.41) is 40.2. The van der Waals surface area contributed by atoms with E-state index in [0.717, 1.165) is 44.9 Å². The fourth-order valence-corrected chi connectivity index (χ4v) is 7.89. The maximum absolute atomic E-state index is 12.8. The Morgan fingerprint density at radius 2 is 0.883 bits per heavy atom. The topological polar surface area (TPSA) is 152 Å². The van der Waals surface area contributed by atoms with Gasteiger partial charge >= 0.3 is 11.9 Å². The van der Waals surface area contributed by atoms with E-state index in [-0.39, 0.29) is 32.0 Å². The van der Waals surface area contributed by atoms with Crippen LogP contribution in [-0.4, -0.2) is 89.0 Å². The normalized spacial score (nSPS) is 19.9. The third-order valence-electron chi connectivity index (χ3n) is 11.9. The highest BCUT2D eigenvalue weighted by Gasteiger charge is 2.44. The van der Waals surface area contributed by atoms with Crippen molar-refractivity contribution >= 4 is 11.9 Å². The fourth-order valence-electron chi connectivity index (χ4n) is 7.89. The molecule has 6 atom stereocenters. The molecule has 1 saturated heterocycles. The predicted molar refractivity (Wildman–Crippen MR) is 243 cm³/mol. The summed E-state index contributed by atoms with van der Waals surface area (Å²) in [6.07, 6.45) is 37.9. The average Bonchev–Trinajstić information content (AvgIpc) is 3.25. The summed E-state index contributed by atoms with van der Waals surface area (Å²) in [5.74, 6) is -0.797. The summed E-state index contributed by atoms with van der Waals surface area (Å²) in [6.45, 7) is 3.46. The van der Waals surface area contributed by atoms with Gasteiger partial charge in [0.15, 0.2) is 12.4 Å². The van der Waals surface area contributed by atoms with Crippen LogP contribution in [0, 0.1) is 0 Å². The van der Waals surface area contributed by atoms with Crippen LogP contribution in [0.3, 0.4) is 0 Å². The molecule has 1 aliphatic heterocycles. The van der Waals surface area contributed by atoms with Crippen molar-refractivity contribution in [2.75, 3.05) is 19.8 Å². The van der Waals surface area contributed by atoms with Gasteiger partial charge in [-0.1, -0.05) is 199 Å².